The predicted molar refractivity (Wildman–Crippen MR) is 118 cm³/mol. The molecule has 1 fully saturated rings. The van der Waals surface area contributed by atoms with Crippen LogP contribution < -0.4 is 10.2 Å². The molecule has 4 rings (SSSR count). The molecule has 2 aromatic carbocycles. The van der Waals surface area contributed by atoms with Crippen LogP contribution in [0.5, 0.6) is 0 Å². The Labute approximate surface area is 183 Å². The summed E-state index contributed by atoms with van der Waals surface area (Å²) in [5.74, 6) is -0.373. The molecule has 2 aliphatic rings. The summed E-state index contributed by atoms with van der Waals surface area (Å²) >= 11 is 0. The molecule has 0 spiro atoms. The molecule has 0 bridgehead atoms. The summed E-state index contributed by atoms with van der Waals surface area (Å²) in [7, 11) is -3.53. The van der Waals surface area contributed by atoms with E-state index in [0.717, 1.165) is 24.0 Å². The maximum absolute atomic E-state index is 12.9. The number of hydrogen-bond acceptors (Lipinski definition) is 4. The second-order valence-electron chi connectivity index (χ2n) is 8.00. The lowest BCUT2D eigenvalue weighted by Gasteiger charge is -2.23. The van der Waals surface area contributed by atoms with Crippen LogP contribution in [0.1, 0.15) is 36.8 Å². The van der Waals surface area contributed by atoms with Crippen molar-refractivity contribution < 1.29 is 18.0 Å². The third-order valence-corrected chi connectivity index (χ3v) is 7.71. The van der Waals surface area contributed by atoms with Crippen LogP contribution in [0.15, 0.2) is 53.4 Å². The van der Waals surface area contributed by atoms with Gasteiger partial charge in [-0.1, -0.05) is 30.3 Å². The first-order chi connectivity index (χ1) is 14.9. The van der Waals surface area contributed by atoms with Gasteiger partial charge in [-0.05, 0) is 55.0 Å². The van der Waals surface area contributed by atoms with Crippen LogP contribution in [0.25, 0.3) is 0 Å². The summed E-state index contributed by atoms with van der Waals surface area (Å²) in [6.45, 7) is 1.40. The zero-order valence-electron chi connectivity index (χ0n) is 17.4. The number of anilines is 1. The van der Waals surface area contributed by atoms with E-state index in [1.807, 2.05) is 30.3 Å². The number of benzene rings is 2. The summed E-state index contributed by atoms with van der Waals surface area (Å²) < 4.78 is 27.4. The molecule has 0 saturated carbocycles. The summed E-state index contributed by atoms with van der Waals surface area (Å²) in [6.07, 6.45) is 3.32. The van der Waals surface area contributed by atoms with Crippen molar-refractivity contribution in [3.63, 3.8) is 0 Å². The lowest BCUT2D eigenvalue weighted by Crippen LogP contribution is -2.40. The topological polar surface area (TPSA) is 86.8 Å². The van der Waals surface area contributed by atoms with Gasteiger partial charge in [-0.15, -0.1) is 0 Å². The molecule has 2 aromatic rings. The van der Waals surface area contributed by atoms with Gasteiger partial charge in [-0.3, -0.25) is 9.59 Å². The van der Waals surface area contributed by atoms with Crippen LogP contribution in [0, 0.1) is 0 Å². The first-order valence-corrected chi connectivity index (χ1v) is 12.1. The monoisotopic (exact) mass is 441 g/mol. The van der Waals surface area contributed by atoms with E-state index in [0.29, 0.717) is 44.6 Å². The number of aryl methyl sites for hydroxylation is 1. The molecule has 0 atom stereocenters. The van der Waals surface area contributed by atoms with E-state index < -0.39 is 10.0 Å². The van der Waals surface area contributed by atoms with Gasteiger partial charge in [0.2, 0.25) is 21.8 Å². The van der Waals surface area contributed by atoms with E-state index in [4.69, 9.17) is 0 Å². The number of nitrogens with zero attached hydrogens (tertiary/aromatic N) is 2. The molecule has 0 radical (unpaired) electrons. The average Bonchev–Trinajstić information content (AvgIpc) is 3.28. The largest absolute Gasteiger partial charge is 0.350 e. The Hall–Kier alpha value is -2.71. The third-order valence-electron chi connectivity index (χ3n) is 5.82. The summed E-state index contributed by atoms with van der Waals surface area (Å²) in [5.41, 5.74) is 2.40. The minimum absolute atomic E-state index is 0.0864. The van der Waals surface area contributed by atoms with Gasteiger partial charge in [0.1, 0.15) is 6.54 Å². The molecule has 2 amide bonds. The lowest BCUT2D eigenvalue weighted by molar-refractivity contribution is -0.123. The SMILES string of the molecule is O=C(CN1C(=O)CCCc2cc(S(=O)(=O)N3CCCC3)ccc21)NCc1ccccc1. The van der Waals surface area contributed by atoms with Crippen molar-refractivity contribution in [3.8, 4) is 0 Å². The maximum Gasteiger partial charge on any atom is 0.243 e. The molecule has 8 heteroatoms. The van der Waals surface area contributed by atoms with Crippen molar-refractivity contribution in [1.82, 2.24) is 9.62 Å². The van der Waals surface area contributed by atoms with Gasteiger partial charge in [0, 0.05) is 31.7 Å². The number of nitrogens with one attached hydrogen (secondary N) is 1. The highest BCUT2D eigenvalue weighted by molar-refractivity contribution is 7.89. The van der Waals surface area contributed by atoms with E-state index in [9.17, 15) is 18.0 Å². The fraction of sp³-hybridized carbons (Fsp3) is 0.391. The second-order valence-corrected chi connectivity index (χ2v) is 9.94. The molecule has 164 valence electrons. The zero-order chi connectivity index (χ0) is 21.8. The van der Waals surface area contributed by atoms with Crippen LogP contribution in [0.4, 0.5) is 5.69 Å². The Morgan fingerprint density at radius 2 is 1.71 bits per heavy atom. The molecule has 2 aliphatic heterocycles. The number of fused-ring (bicyclic) bond motifs is 1. The van der Waals surface area contributed by atoms with Gasteiger partial charge >= 0.3 is 0 Å². The van der Waals surface area contributed by atoms with Gasteiger partial charge in [0.25, 0.3) is 0 Å². The summed E-state index contributed by atoms with van der Waals surface area (Å²) in [5, 5.41) is 2.86. The lowest BCUT2D eigenvalue weighted by atomic mass is 10.1. The molecule has 0 aromatic heterocycles. The fourth-order valence-electron chi connectivity index (χ4n) is 4.13. The molecule has 0 aliphatic carbocycles. The highest BCUT2D eigenvalue weighted by Gasteiger charge is 2.30. The Balaban J connectivity index is 1.53. The Kier molecular flexibility index (Phi) is 6.38. The van der Waals surface area contributed by atoms with Crippen molar-refractivity contribution in [2.45, 2.75) is 43.5 Å². The van der Waals surface area contributed by atoms with Crippen LogP contribution in [-0.2, 0) is 32.6 Å². The molecule has 0 unspecified atom stereocenters. The standard InChI is InChI=1S/C23H27N3O4S/c27-22(24-16-18-7-2-1-3-8-18)17-26-21-12-11-20(15-19(21)9-6-10-23(26)28)31(29,30)25-13-4-5-14-25/h1-3,7-8,11-12,15H,4-6,9-10,13-14,16-17H2,(H,24,27). The van der Waals surface area contributed by atoms with Crippen LogP contribution in [-0.4, -0.2) is 44.2 Å². The van der Waals surface area contributed by atoms with Gasteiger partial charge in [0.05, 0.1) is 4.90 Å². The van der Waals surface area contributed by atoms with E-state index >= 15 is 0 Å². The molecular formula is C23H27N3O4S. The highest BCUT2D eigenvalue weighted by Crippen LogP contribution is 2.31. The normalized spacial score (nSPS) is 17.3. The van der Waals surface area contributed by atoms with E-state index in [-0.39, 0.29) is 23.3 Å². The summed E-state index contributed by atoms with van der Waals surface area (Å²) in [6, 6.07) is 14.5. The number of hydrogen-bond donors (Lipinski definition) is 1. The van der Waals surface area contributed by atoms with Gasteiger partial charge in [-0.2, -0.15) is 4.31 Å². The van der Waals surface area contributed by atoms with E-state index in [2.05, 4.69) is 5.32 Å². The van der Waals surface area contributed by atoms with Gasteiger partial charge in [0.15, 0.2) is 0 Å². The van der Waals surface area contributed by atoms with Crippen molar-refractivity contribution in [2.75, 3.05) is 24.5 Å². The van der Waals surface area contributed by atoms with Gasteiger partial charge < -0.3 is 10.2 Å². The van der Waals surface area contributed by atoms with E-state index in [1.165, 1.54) is 9.21 Å². The quantitative estimate of drug-likeness (QED) is 0.746. The van der Waals surface area contributed by atoms with Crippen LogP contribution in [0.2, 0.25) is 0 Å². The molecule has 2 heterocycles. The van der Waals surface area contributed by atoms with Crippen molar-refractivity contribution >= 4 is 27.5 Å². The number of carbonyl (C=O) groups is 2. The highest BCUT2D eigenvalue weighted by atomic mass is 32.2. The Bertz CT molecular complexity index is 1060. The van der Waals surface area contributed by atoms with Crippen LogP contribution >= 0.6 is 0 Å². The fourth-order valence-corrected chi connectivity index (χ4v) is 5.70. The van der Waals surface area contributed by atoms with E-state index in [1.54, 1.807) is 18.2 Å². The minimum atomic E-state index is -3.53. The maximum atomic E-state index is 12.9. The smallest absolute Gasteiger partial charge is 0.243 e. The zero-order valence-corrected chi connectivity index (χ0v) is 18.2. The van der Waals surface area contributed by atoms with Crippen LogP contribution in [0.3, 0.4) is 0 Å². The molecule has 31 heavy (non-hydrogen) atoms. The first-order valence-electron chi connectivity index (χ1n) is 10.7. The van der Waals surface area contributed by atoms with Gasteiger partial charge in [-0.25, -0.2) is 8.42 Å². The molecule has 7 nitrogen and oxygen atoms in total. The number of carbonyl (C=O) groups excluding carboxylic acids is 2. The number of rotatable bonds is 6. The van der Waals surface area contributed by atoms with Crippen molar-refractivity contribution in [3.05, 3.63) is 59.7 Å². The Morgan fingerprint density at radius 3 is 2.45 bits per heavy atom. The Morgan fingerprint density at radius 1 is 0.968 bits per heavy atom. The number of sulfonamides is 1. The van der Waals surface area contributed by atoms with Crippen molar-refractivity contribution in [1.29, 1.82) is 0 Å². The van der Waals surface area contributed by atoms with Crippen molar-refractivity contribution in [2.24, 2.45) is 0 Å². The predicted octanol–water partition coefficient (Wildman–Crippen LogP) is 2.46. The number of amides is 2. The molecule has 1 N–H and O–H groups in total. The first kappa shape index (κ1) is 21.5. The minimum Gasteiger partial charge on any atom is -0.350 e. The molecule has 1 saturated heterocycles. The second kappa shape index (κ2) is 9.20. The average molecular weight is 442 g/mol. The summed E-state index contributed by atoms with van der Waals surface area (Å²) in [4.78, 5) is 27.0. The molecular weight excluding hydrogens is 414 g/mol. The third kappa shape index (κ3) is 4.80.